The molecule has 1 aliphatic rings. The molecule has 0 aliphatic heterocycles. The highest BCUT2D eigenvalue weighted by atomic mass is 16.6. The van der Waals surface area contributed by atoms with Crippen LogP contribution in [0.25, 0.3) is 11.1 Å². The number of carbonyl (C=O) groups is 3. The van der Waals surface area contributed by atoms with Crippen molar-refractivity contribution in [2.45, 2.75) is 31.2 Å². The lowest BCUT2D eigenvalue weighted by Crippen LogP contribution is -2.43. The molecule has 0 unspecified atom stereocenters. The Morgan fingerprint density at radius 1 is 0.917 bits per heavy atom. The van der Waals surface area contributed by atoms with Gasteiger partial charge in [-0.3, -0.25) is 9.69 Å². The van der Waals surface area contributed by atoms with Crippen molar-refractivity contribution in [2.75, 3.05) is 25.1 Å². The number of amides is 2. The third kappa shape index (κ3) is 5.40. The molecule has 3 aromatic carbocycles. The van der Waals surface area contributed by atoms with Crippen molar-refractivity contribution in [3.63, 3.8) is 0 Å². The molecule has 0 saturated carbocycles. The van der Waals surface area contributed by atoms with Gasteiger partial charge in [-0.05, 0) is 53.6 Å². The van der Waals surface area contributed by atoms with E-state index >= 15 is 0 Å². The number of para-hydroxylation sites is 1. The zero-order valence-corrected chi connectivity index (χ0v) is 20.2. The number of anilines is 1. The molecule has 0 spiro atoms. The predicted octanol–water partition coefficient (Wildman–Crippen LogP) is 5.15. The SMILES string of the molecule is CN(C(=O)OCC1c2ccccc2-c2ccccc21)[C@@H](CCCCN(C=O)c1ccccc1)C(=O)O. The van der Waals surface area contributed by atoms with E-state index in [0.29, 0.717) is 19.4 Å². The zero-order chi connectivity index (χ0) is 25.5. The minimum atomic E-state index is -1.08. The summed E-state index contributed by atoms with van der Waals surface area (Å²) in [7, 11) is 1.46. The third-order valence-corrected chi connectivity index (χ3v) is 6.72. The zero-order valence-electron chi connectivity index (χ0n) is 20.2. The van der Waals surface area contributed by atoms with Crippen molar-refractivity contribution in [1.82, 2.24) is 4.90 Å². The van der Waals surface area contributed by atoms with Crippen molar-refractivity contribution < 1.29 is 24.2 Å². The van der Waals surface area contributed by atoms with Crippen LogP contribution in [0.5, 0.6) is 0 Å². The third-order valence-electron chi connectivity index (χ3n) is 6.72. The van der Waals surface area contributed by atoms with Gasteiger partial charge in [0.05, 0.1) is 0 Å². The molecule has 36 heavy (non-hydrogen) atoms. The number of ether oxygens (including phenoxy) is 1. The summed E-state index contributed by atoms with van der Waals surface area (Å²) >= 11 is 0. The molecule has 3 aromatic rings. The molecule has 0 aromatic heterocycles. The van der Waals surface area contributed by atoms with Gasteiger partial charge < -0.3 is 14.7 Å². The van der Waals surface area contributed by atoms with Gasteiger partial charge in [0.25, 0.3) is 0 Å². The second-order valence-corrected chi connectivity index (χ2v) is 8.90. The Labute approximate surface area is 210 Å². The van der Waals surface area contributed by atoms with Gasteiger partial charge in [0.15, 0.2) is 0 Å². The Hall–Kier alpha value is -4.13. The number of carboxylic acid groups (broad SMARTS) is 1. The molecule has 0 saturated heterocycles. The summed E-state index contributed by atoms with van der Waals surface area (Å²) < 4.78 is 5.62. The number of nitrogens with zero attached hydrogens (tertiary/aromatic N) is 2. The molecular formula is C29H30N2O5. The second-order valence-electron chi connectivity index (χ2n) is 8.90. The Morgan fingerprint density at radius 3 is 2.08 bits per heavy atom. The Bertz CT molecular complexity index is 1170. The van der Waals surface area contributed by atoms with Crippen LogP contribution in [-0.2, 0) is 14.3 Å². The highest BCUT2D eigenvalue weighted by Crippen LogP contribution is 2.44. The molecule has 1 atom stereocenters. The van der Waals surface area contributed by atoms with Crippen molar-refractivity contribution in [3.05, 3.63) is 90.0 Å². The fraction of sp³-hybridized carbons (Fsp3) is 0.276. The molecule has 0 radical (unpaired) electrons. The fourth-order valence-corrected chi connectivity index (χ4v) is 4.79. The number of hydrogen-bond acceptors (Lipinski definition) is 4. The average Bonchev–Trinajstić information content (AvgIpc) is 3.23. The van der Waals surface area contributed by atoms with E-state index in [1.54, 1.807) is 4.90 Å². The van der Waals surface area contributed by atoms with Crippen LogP contribution in [0.3, 0.4) is 0 Å². The quantitative estimate of drug-likeness (QED) is 0.299. The lowest BCUT2D eigenvalue weighted by atomic mass is 9.98. The second kappa shape index (κ2) is 11.5. The van der Waals surface area contributed by atoms with Crippen molar-refractivity contribution in [1.29, 1.82) is 0 Å². The molecule has 1 aliphatic carbocycles. The molecule has 7 heteroatoms. The van der Waals surface area contributed by atoms with Crippen LogP contribution >= 0.6 is 0 Å². The minimum Gasteiger partial charge on any atom is -0.480 e. The molecule has 0 fully saturated rings. The number of aliphatic carboxylic acids is 1. The van der Waals surface area contributed by atoms with Gasteiger partial charge >= 0.3 is 12.1 Å². The van der Waals surface area contributed by atoms with Crippen molar-refractivity contribution in [2.24, 2.45) is 0 Å². The number of rotatable bonds is 11. The van der Waals surface area contributed by atoms with Crippen LogP contribution in [0.4, 0.5) is 10.5 Å². The van der Waals surface area contributed by atoms with E-state index in [1.807, 2.05) is 66.7 Å². The van der Waals surface area contributed by atoms with Crippen LogP contribution in [0.15, 0.2) is 78.9 Å². The molecular weight excluding hydrogens is 456 g/mol. The van der Waals surface area contributed by atoms with Crippen LogP contribution in [0, 0.1) is 0 Å². The van der Waals surface area contributed by atoms with Gasteiger partial charge in [-0.2, -0.15) is 0 Å². The first kappa shape index (κ1) is 25.0. The van der Waals surface area contributed by atoms with Crippen LogP contribution in [0.2, 0.25) is 0 Å². The number of carboxylic acids is 1. The van der Waals surface area contributed by atoms with E-state index in [1.165, 1.54) is 7.05 Å². The van der Waals surface area contributed by atoms with Crippen molar-refractivity contribution >= 4 is 24.2 Å². The normalized spacial score (nSPS) is 12.8. The van der Waals surface area contributed by atoms with E-state index < -0.39 is 18.1 Å². The van der Waals surface area contributed by atoms with Gasteiger partial charge in [0.2, 0.25) is 6.41 Å². The average molecular weight is 487 g/mol. The van der Waals surface area contributed by atoms with Crippen LogP contribution in [0.1, 0.15) is 36.3 Å². The first-order valence-electron chi connectivity index (χ1n) is 12.1. The maximum Gasteiger partial charge on any atom is 0.410 e. The number of benzene rings is 3. The van der Waals surface area contributed by atoms with Crippen molar-refractivity contribution in [3.8, 4) is 11.1 Å². The van der Waals surface area contributed by atoms with Gasteiger partial charge in [-0.25, -0.2) is 9.59 Å². The topological polar surface area (TPSA) is 87.2 Å². The number of unbranched alkanes of at least 4 members (excludes halogenated alkanes) is 1. The van der Waals surface area contributed by atoms with Crippen LogP contribution < -0.4 is 4.90 Å². The van der Waals surface area contributed by atoms with Gasteiger partial charge in [-0.15, -0.1) is 0 Å². The molecule has 2 amide bonds. The first-order valence-corrected chi connectivity index (χ1v) is 12.1. The first-order chi connectivity index (χ1) is 17.5. The Balaban J connectivity index is 1.32. The summed E-state index contributed by atoms with van der Waals surface area (Å²) in [5, 5.41) is 9.75. The predicted molar refractivity (Wildman–Crippen MR) is 138 cm³/mol. The minimum absolute atomic E-state index is 0.0923. The summed E-state index contributed by atoms with van der Waals surface area (Å²) in [6.07, 6.45) is 1.51. The largest absolute Gasteiger partial charge is 0.480 e. The van der Waals surface area contributed by atoms with E-state index in [4.69, 9.17) is 4.74 Å². The van der Waals surface area contributed by atoms with E-state index in [0.717, 1.165) is 39.3 Å². The van der Waals surface area contributed by atoms with Gasteiger partial charge in [-0.1, -0.05) is 66.7 Å². The van der Waals surface area contributed by atoms with E-state index in [9.17, 15) is 19.5 Å². The molecule has 1 N–H and O–H groups in total. The maximum absolute atomic E-state index is 12.8. The summed E-state index contributed by atoms with van der Waals surface area (Å²) in [5.41, 5.74) is 5.25. The fourth-order valence-electron chi connectivity index (χ4n) is 4.79. The number of likely N-dealkylation sites (N-methyl/N-ethyl adjacent to an activating group) is 1. The number of fused-ring (bicyclic) bond motifs is 3. The standard InChI is InChI=1S/C29H30N2O5/c1-30(27(28(33)34)17-9-10-18-31(20-32)21-11-3-2-4-12-21)29(35)36-19-26-24-15-7-5-13-22(24)23-14-6-8-16-25(23)26/h2-8,11-16,20,26-27H,9-10,17-19H2,1H3,(H,33,34)/t27-/m0/s1. The molecule has 7 nitrogen and oxygen atoms in total. The highest BCUT2D eigenvalue weighted by Gasteiger charge is 2.31. The molecule has 0 heterocycles. The lowest BCUT2D eigenvalue weighted by Gasteiger charge is -2.25. The lowest BCUT2D eigenvalue weighted by molar-refractivity contribution is -0.142. The number of carbonyl (C=O) groups excluding carboxylic acids is 2. The Morgan fingerprint density at radius 2 is 1.50 bits per heavy atom. The Kier molecular flexibility index (Phi) is 8.00. The smallest absolute Gasteiger partial charge is 0.410 e. The summed E-state index contributed by atoms with van der Waals surface area (Å²) in [4.78, 5) is 38.9. The van der Waals surface area contributed by atoms with Gasteiger partial charge in [0.1, 0.15) is 12.6 Å². The summed E-state index contributed by atoms with van der Waals surface area (Å²) in [5.74, 6) is -1.17. The van der Waals surface area contributed by atoms with Gasteiger partial charge in [0, 0.05) is 25.2 Å². The maximum atomic E-state index is 12.8. The number of hydrogen-bond donors (Lipinski definition) is 1. The molecule has 4 rings (SSSR count). The summed E-state index contributed by atoms with van der Waals surface area (Å²) in [6.45, 7) is 0.601. The summed E-state index contributed by atoms with van der Waals surface area (Å²) in [6, 6.07) is 24.4. The molecule has 0 bridgehead atoms. The molecule has 186 valence electrons. The monoisotopic (exact) mass is 486 g/mol. The van der Waals surface area contributed by atoms with Crippen LogP contribution in [-0.4, -0.2) is 54.7 Å². The highest BCUT2D eigenvalue weighted by molar-refractivity contribution is 5.81. The van der Waals surface area contributed by atoms with E-state index in [-0.39, 0.29) is 18.9 Å². The van der Waals surface area contributed by atoms with E-state index in [2.05, 4.69) is 12.1 Å².